The summed E-state index contributed by atoms with van der Waals surface area (Å²) >= 11 is 0. The quantitative estimate of drug-likeness (QED) is 0.346. The SMILES string of the molecule is COC[C@]1(O)CCCC[C@H]1n1cnc(C(=O)N2CCN(C(=O)OC(C)(C)C)C[C@H]2CCOc2ccc(C#N)cn2)c1-c1ccccc1. The molecular formula is C35H44N6O6. The van der Waals surface area contributed by atoms with E-state index < -0.39 is 23.3 Å². The van der Waals surface area contributed by atoms with Crippen molar-refractivity contribution in [2.75, 3.05) is 40.0 Å². The Morgan fingerprint density at radius 1 is 1.11 bits per heavy atom. The number of methoxy groups -OCH3 is 1. The lowest BCUT2D eigenvalue weighted by molar-refractivity contribution is -0.0893. The number of nitrogens with zero attached hydrogens (tertiary/aromatic N) is 6. The first-order valence-corrected chi connectivity index (χ1v) is 16.1. The number of aliphatic hydroxyl groups is 1. The molecule has 1 saturated heterocycles. The lowest BCUT2D eigenvalue weighted by atomic mass is 9.80. The molecule has 12 heteroatoms. The van der Waals surface area contributed by atoms with E-state index >= 15 is 0 Å². The highest BCUT2D eigenvalue weighted by molar-refractivity contribution is 5.98. The topological polar surface area (TPSA) is 143 Å². The minimum Gasteiger partial charge on any atom is -0.478 e. The third-order valence-corrected chi connectivity index (χ3v) is 8.69. The zero-order chi connectivity index (χ0) is 33.6. The molecule has 250 valence electrons. The smallest absolute Gasteiger partial charge is 0.410 e. The summed E-state index contributed by atoms with van der Waals surface area (Å²) in [5.41, 5.74) is 0.409. The molecule has 3 heterocycles. The van der Waals surface area contributed by atoms with Crippen molar-refractivity contribution in [2.45, 2.75) is 76.2 Å². The first-order valence-electron chi connectivity index (χ1n) is 16.1. The molecule has 5 rings (SSSR count). The molecule has 2 aliphatic rings. The van der Waals surface area contributed by atoms with Crippen LogP contribution in [0.3, 0.4) is 0 Å². The summed E-state index contributed by atoms with van der Waals surface area (Å²) in [6.07, 6.45) is 6.22. The number of benzene rings is 1. The summed E-state index contributed by atoms with van der Waals surface area (Å²) in [5.74, 6) is 0.0989. The Morgan fingerprint density at radius 3 is 2.57 bits per heavy atom. The zero-order valence-corrected chi connectivity index (χ0v) is 27.6. The highest BCUT2D eigenvalue weighted by atomic mass is 16.6. The van der Waals surface area contributed by atoms with E-state index in [4.69, 9.17) is 24.5 Å². The molecule has 0 bridgehead atoms. The summed E-state index contributed by atoms with van der Waals surface area (Å²) in [6.45, 7) is 6.69. The first kappa shape index (κ1) is 33.9. The van der Waals surface area contributed by atoms with Gasteiger partial charge in [-0.15, -0.1) is 0 Å². The average molecular weight is 645 g/mol. The molecule has 2 aromatic heterocycles. The fourth-order valence-electron chi connectivity index (χ4n) is 6.49. The van der Waals surface area contributed by atoms with Gasteiger partial charge in [0.25, 0.3) is 5.91 Å². The van der Waals surface area contributed by atoms with Crippen LogP contribution in [-0.2, 0) is 9.47 Å². The molecule has 0 spiro atoms. The molecule has 12 nitrogen and oxygen atoms in total. The van der Waals surface area contributed by atoms with Gasteiger partial charge in [0, 0.05) is 51.0 Å². The van der Waals surface area contributed by atoms with E-state index in [2.05, 4.69) is 4.98 Å². The van der Waals surface area contributed by atoms with Crippen LogP contribution in [0.15, 0.2) is 55.0 Å². The Balaban J connectivity index is 1.45. The second kappa shape index (κ2) is 14.5. The molecule has 1 aliphatic carbocycles. The minimum atomic E-state index is -1.10. The summed E-state index contributed by atoms with van der Waals surface area (Å²) in [7, 11) is 1.59. The van der Waals surface area contributed by atoms with Gasteiger partial charge in [0.05, 0.1) is 42.9 Å². The van der Waals surface area contributed by atoms with E-state index in [0.717, 1.165) is 24.8 Å². The highest BCUT2D eigenvalue weighted by Crippen LogP contribution is 2.41. The van der Waals surface area contributed by atoms with E-state index in [1.165, 1.54) is 6.20 Å². The Hall–Kier alpha value is -4.47. The van der Waals surface area contributed by atoms with Crippen LogP contribution in [0.1, 0.15) is 75.0 Å². The number of hydrogen-bond acceptors (Lipinski definition) is 9. The summed E-state index contributed by atoms with van der Waals surface area (Å²) in [6, 6.07) is 14.2. The Labute approximate surface area is 275 Å². The van der Waals surface area contributed by atoms with Crippen LogP contribution in [0.25, 0.3) is 11.3 Å². The van der Waals surface area contributed by atoms with Crippen LogP contribution < -0.4 is 4.74 Å². The number of carbonyl (C=O) groups excluding carboxylic acids is 2. The molecule has 3 atom stereocenters. The van der Waals surface area contributed by atoms with Crippen LogP contribution in [0.2, 0.25) is 0 Å². The maximum Gasteiger partial charge on any atom is 0.410 e. The number of amides is 2. The van der Waals surface area contributed by atoms with E-state index in [9.17, 15) is 14.7 Å². The standard InChI is InChI=1S/C35H44N6O6/c1-34(2,3)47-33(43)39-17-18-40(27(22-39)15-19-46-29-14-13-25(20-36)21-37-29)32(42)30-31(26-10-6-5-7-11-26)41(24-38-30)28-12-8-9-16-35(28,44)23-45-4/h5-7,10-11,13-14,21,24,27-28,44H,8-9,12,15-19,22-23H2,1-4H3/t27-,28-,35-/m1/s1. The van der Waals surface area contributed by atoms with Gasteiger partial charge in [-0.2, -0.15) is 5.26 Å². The van der Waals surface area contributed by atoms with Crippen LogP contribution in [0.4, 0.5) is 4.79 Å². The predicted molar refractivity (Wildman–Crippen MR) is 174 cm³/mol. The molecule has 0 radical (unpaired) electrons. The molecule has 2 fully saturated rings. The van der Waals surface area contributed by atoms with Gasteiger partial charge in [0.1, 0.15) is 17.3 Å². The van der Waals surface area contributed by atoms with Gasteiger partial charge in [-0.1, -0.05) is 43.2 Å². The molecular weight excluding hydrogens is 600 g/mol. The largest absolute Gasteiger partial charge is 0.478 e. The lowest BCUT2D eigenvalue weighted by Gasteiger charge is -2.42. The summed E-state index contributed by atoms with van der Waals surface area (Å²) in [4.78, 5) is 39.9. The van der Waals surface area contributed by atoms with Crippen molar-refractivity contribution in [2.24, 2.45) is 0 Å². The fraction of sp³-hybridized carbons (Fsp3) is 0.514. The van der Waals surface area contributed by atoms with Gasteiger partial charge >= 0.3 is 6.09 Å². The van der Waals surface area contributed by atoms with Gasteiger partial charge < -0.3 is 33.7 Å². The second-order valence-corrected chi connectivity index (χ2v) is 13.2. The molecule has 1 aromatic carbocycles. The number of piperazine rings is 1. The van der Waals surface area contributed by atoms with Crippen molar-refractivity contribution >= 4 is 12.0 Å². The van der Waals surface area contributed by atoms with Crippen LogP contribution >= 0.6 is 0 Å². The Bertz CT molecular complexity index is 1560. The molecule has 1 saturated carbocycles. The van der Waals surface area contributed by atoms with Crippen LogP contribution in [-0.4, -0.2) is 98.6 Å². The number of hydrogen-bond donors (Lipinski definition) is 1. The van der Waals surface area contributed by atoms with Gasteiger partial charge in [0.15, 0.2) is 5.69 Å². The van der Waals surface area contributed by atoms with Gasteiger partial charge in [-0.05, 0) is 39.7 Å². The molecule has 2 amide bonds. The molecule has 3 aromatic rings. The van der Waals surface area contributed by atoms with Gasteiger partial charge in [-0.25, -0.2) is 14.8 Å². The monoisotopic (exact) mass is 644 g/mol. The van der Waals surface area contributed by atoms with Crippen molar-refractivity contribution < 1.29 is 28.9 Å². The molecule has 0 unspecified atom stereocenters. The summed E-state index contributed by atoms with van der Waals surface area (Å²) in [5, 5.41) is 20.8. The predicted octanol–water partition coefficient (Wildman–Crippen LogP) is 4.84. The number of aromatic nitrogens is 3. The number of ether oxygens (including phenoxy) is 3. The van der Waals surface area contributed by atoms with Crippen LogP contribution in [0, 0.1) is 11.3 Å². The van der Waals surface area contributed by atoms with Gasteiger partial charge in [-0.3, -0.25) is 4.79 Å². The highest BCUT2D eigenvalue weighted by Gasteiger charge is 2.43. The normalized spacial score (nSPS) is 21.6. The van der Waals surface area contributed by atoms with Crippen molar-refractivity contribution in [1.29, 1.82) is 5.26 Å². The van der Waals surface area contributed by atoms with E-state index in [-0.39, 0.29) is 43.9 Å². The van der Waals surface area contributed by atoms with E-state index in [1.807, 2.05) is 61.7 Å². The number of nitriles is 1. The Morgan fingerprint density at radius 2 is 1.89 bits per heavy atom. The molecule has 1 aliphatic heterocycles. The number of pyridine rings is 1. The average Bonchev–Trinajstić information content (AvgIpc) is 3.49. The Kier molecular flexibility index (Phi) is 10.5. The minimum absolute atomic E-state index is 0.177. The third-order valence-electron chi connectivity index (χ3n) is 8.69. The van der Waals surface area contributed by atoms with Gasteiger partial charge in [0.2, 0.25) is 5.88 Å². The van der Waals surface area contributed by atoms with Crippen molar-refractivity contribution in [3.8, 4) is 23.2 Å². The third kappa shape index (κ3) is 7.92. The number of carbonyl (C=O) groups is 2. The van der Waals surface area contributed by atoms with E-state index in [1.54, 1.807) is 35.4 Å². The summed E-state index contributed by atoms with van der Waals surface area (Å²) < 4.78 is 18.9. The first-order chi connectivity index (χ1) is 22.5. The van der Waals surface area contributed by atoms with E-state index in [0.29, 0.717) is 36.5 Å². The number of rotatable bonds is 9. The number of imidazole rings is 1. The molecule has 47 heavy (non-hydrogen) atoms. The maximum atomic E-state index is 14.5. The lowest BCUT2D eigenvalue weighted by Crippen LogP contribution is -2.57. The second-order valence-electron chi connectivity index (χ2n) is 13.2. The van der Waals surface area contributed by atoms with Crippen molar-refractivity contribution in [3.05, 3.63) is 66.2 Å². The fourth-order valence-corrected chi connectivity index (χ4v) is 6.49. The maximum absolute atomic E-state index is 14.5. The zero-order valence-electron chi connectivity index (χ0n) is 27.6. The molecule has 1 N–H and O–H groups in total. The van der Waals surface area contributed by atoms with Crippen LogP contribution in [0.5, 0.6) is 5.88 Å². The van der Waals surface area contributed by atoms with Crippen molar-refractivity contribution in [1.82, 2.24) is 24.3 Å². The van der Waals surface area contributed by atoms with Crippen molar-refractivity contribution in [3.63, 3.8) is 0 Å².